The Kier molecular flexibility index (Phi) is 11.0. The molecule has 0 bridgehead atoms. The van der Waals surface area contributed by atoms with Crippen LogP contribution in [0.1, 0.15) is 37.4 Å². The molecule has 2 rings (SSSR count). The molecule has 0 radical (unpaired) electrons. The van der Waals surface area contributed by atoms with Crippen LogP contribution < -0.4 is 0 Å². The van der Waals surface area contributed by atoms with E-state index < -0.39 is 0 Å². The molecule has 1 nitrogen and oxygen atoms in total. The van der Waals surface area contributed by atoms with Gasteiger partial charge in [0.25, 0.3) is 0 Å². The molecule has 1 aromatic heterocycles. The number of nitrogens with zero attached hydrogens (tertiary/aromatic N) is 1. The van der Waals surface area contributed by atoms with Gasteiger partial charge in [0.05, 0.1) is 0 Å². The summed E-state index contributed by atoms with van der Waals surface area (Å²) >= 11 is 0. The minimum Gasteiger partial charge on any atom is -0.261 e. The van der Waals surface area contributed by atoms with E-state index in [-0.39, 0.29) is 13.5 Å². The molecule has 0 atom stereocenters. The van der Waals surface area contributed by atoms with Gasteiger partial charge in [-0.1, -0.05) is 61.7 Å². The van der Waals surface area contributed by atoms with Gasteiger partial charge in [-0.25, -0.2) is 0 Å². The maximum absolute atomic E-state index is 4.25. The van der Waals surface area contributed by atoms with Gasteiger partial charge in [0.2, 0.25) is 0 Å². The van der Waals surface area contributed by atoms with Gasteiger partial charge < -0.3 is 0 Å². The quantitative estimate of drug-likeness (QED) is 0.722. The van der Waals surface area contributed by atoms with E-state index in [0.29, 0.717) is 0 Å². The molecule has 1 heterocycles. The lowest BCUT2D eigenvalue weighted by atomic mass is 10.1. The summed E-state index contributed by atoms with van der Waals surface area (Å²) in [5.41, 5.74) is 2.54. The lowest BCUT2D eigenvalue weighted by Crippen LogP contribution is -1.87. The highest BCUT2D eigenvalue weighted by atomic mass is 32.1. The molecule has 2 aromatic rings. The highest BCUT2D eigenvalue weighted by molar-refractivity contribution is 7.59. The van der Waals surface area contributed by atoms with Crippen molar-refractivity contribution in [1.29, 1.82) is 0 Å². The zero-order valence-electron chi connectivity index (χ0n) is 12.0. The second-order valence-corrected chi connectivity index (χ2v) is 4.43. The van der Waals surface area contributed by atoms with Crippen molar-refractivity contribution >= 4 is 13.5 Å². The van der Waals surface area contributed by atoms with Gasteiger partial charge in [-0.3, -0.25) is 4.98 Å². The normalized spacial score (nSPS) is 8.95. The van der Waals surface area contributed by atoms with E-state index in [9.17, 15) is 0 Å². The van der Waals surface area contributed by atoms with Gasteiger partial charge in [0, 0.05) is 11.9 Å². The lowest BCUT2D eigenvalue weighted by molar-refractivity contribution is 0.707. The molecule has 0 aliphatic carbocycles. The van der Waals surface area contributed by atoms with Crippen molar-refractivity contribution in [3.8, 4) is 0 Å². The number of pyridine rings is 1. The second kappa shape index (κ2) is 11.8. The molecule has 0 aliphatic heterocycles. The Morgan fingerprint density at radius 3 is 2.05 bits per heavy atom. The van der Waals surface area contributed by atoms with Crippen LogP contribution in [0.15, 0.2) is 54.7 Å². The third kappa shape index (κ3) is 9.32. The fourth-order valence-corrected chi connectivity index (χ4v) is 1.64. The maximum Gasteiger partial charge on any atom is 0.0403 e. The predicted octanol–water partition coefficient (Wildman–Crippen LogP) is 4.92. The van der Waals surface area contributed by atoms with E-state index in [1.165, 1.54) is 30.5 Å². The molecular formula is C17H25NS. The zero-order valence-corrected chi connectivity index (χ0v) is 13.0. The molecule has 0 aliphatic rings. The Balaban J connectivity index is 0.000000352. The predicted molar refractivity (Wildman–Crippen MR) is 89.0 cm³/mol. The van der Waals surface area contributed by atoms with Crippen LogP contribution in [0.4, 0.5) is 0 Å². The van der Waals surface area contributed by atoms with E-state index in [1.54, 1.807) is 0 Å². The van der Waals surface area contributed by atoms with E-state index >= 15 is 0 Å². The van der Waals surface area contributed by atoms with Crippen LogP contribution in [-0.4, -0.2) is 4.98 Å². The molecule has 0 saturated carbocycles. The fraction of sp³-hybridized carbons (Fsp3) is 0.353. The molecule has 0 saturated heterocycles. The van der Waals surface area contributed by atoms with Gasteiger partial charge in [-0.15, -0.1) is 0 Å². The summed E-state index contributed by atoms with van der Waals surface area (Å²) in [6.07, 6.45) is 6.87. The first-order valence-electron chi connectivity index (χ1n) is 6.74. The Morgan fingerprint density at radius 1 is 0.895 bits per heavy atom. The minimum atomic E-state index is 0. The molecular weight excluding hydrogens is 250 g/mol. The molecule has 0 fully saturated rings. The van der Waals surface area contributed by atoms with Gasteiger partial charge in [0.15, 0.2) is 0 Å². The van der Waals surface area contributed by atoms with E-state index in [4.69, 9.17) is 0 Å². The van der Waals surface area contributed by atoms with Crippen LogP contribution >= 0.6 is 13.5 Å². The number of hydrogen-bond acceptors (Lipinski definition) is 1. The van der Waals surface area contributed by atoms with Gasteiger partial charge in [0.1, 0.15) is 0 Å². The zero-order chi connectivity index (χ0) is 13.1. The highest BCUT2D eigenvalue weighted by Gasteiger charge is 1.90. The van der Waals surface area contributed by atoms with Crippen molar-refractivity contribution in [2.75, 3.05) is 0 Å². The SMILES string of the molecule is CCCCCc1ccccn1.Cc1ccccc1.S. The third-order valence-electron chi connectivity index (χ3n) is 2.70. The van der Waals surface area contributed by atoms with Crippen LogP contribution in [-0.2, 0) is 6.42 Å². The average molecular weight is 275 g/mol. The van der Waals surface area contributed by atoms with Crippen molar-refractivity contribution in [3.05, 3.63) is 66.0 Å². The molecule has 0 N–H and O–H groups in total. The molecule has 0 spiro atoms. The first kappa shape index (κ1) is 17.7. The van der Waals surface area contributed by atoms with Crippen LogP contribution in [0.5, 0.6) is 0 Å². The first-order chi connectivity index (χ1) is 8.83. The van der Waals surface area contributed by atoms with Crippen LogP contribution in [0.25, 0.3) is 0 Å². The number of unbranched alkanes of at least 4 members (excludes halogenated alkanes) is 2. The number of aryl methyl sites for hydroxylation is 2. The second-order valence-electron chi connectivity index (χ2n) is 4.43. The summed E-state index contributed by atoms with van der Waals surface area (Å²) in [5, 5.41) is 0. The van der Waals surface area contributed by atoms with Crippen molar-refractivity contribution < 1.29 is 0 Å². The smallest absolute Gasteiger partial charge is 0.0403 e. The Labute approximate surface area is 124 Å². The van der Waals surface area contributed by atoms with Gasteiger partial charge in [-0.2, -0.15) is 13.5 Å². The van der Waals surface area contributed by atoms with Crippen molar-refractivity contribution in [1.82, 2.24) is 4.98 Å². The molecule has 0 unspecified atom stereocenters. The summed E-state index contributed by atoms with van der Waals surface area (Å²) in [6, 6.07) is 16.4. The van der Waals surface area contributed by atoms with Crippen molar-refractivity contribution in [2.45, 2.75) is 39.5 Å². The van der Waals surface area contributed by atoms with E-state index in [2.05, 4.69) is 37.0 Å². The van der Waals surface area contributed by atoms with Crippen molar-refractivity contribution in [3.63, 3.8) is 0 Å². The highest BCUT2D eigenvalue weighted by Crippen LogP contribution is 2.02. The fourth-order valence-electron chi connectivity index (χ4n) is 1.64. The summed E-state index contributed by atoms with van der Waals surface area (Å²) in [4.78, 5) is 4.25. The molecule has 0 amide bonds. The van der Waals surface area contributed by atoms with E-state index in [0.717, 1.165) is 6.42 Å². The van der Waals surface area contributed by atoms with Crippen molar-refractivity contribution in [2.24, 2.45) is 0 Å². The Bertz CT molecular complexity index is 400. The Hall–Kier alpha value is -1.28. The van der Waals surface area contributed by atoms with Crippen LogP contribution in [0.3, 0.4) is 0 Å². The number of aromatic nitrogens is 1. The van der Waals surface area contributed by atoms with Crippen LogP contribution in [0, 0.1) is 6.92 Å². The van der Waals surface area contributed by atoms with Crippen LogP contribution in [0.2, 0.25) is 0 Å². The summed E-state index contributed by atoms with van der Waals surface area (Å²) in [7, 11) is 0. The standard InChI is InChI=1S/C10H15N.C7H8.H2S/c1-2-3-4-7-10-8-5-6-9-11-10;1-7-5-3-2-4-6-7;/h5-6,8-9H,2-4,7H2,1H3;2-6H,1H3;1H2. The molecule has 104 valence electrons. The largest absolute Gasteiger partial charge is 0.261 e. The number of hydrogen-bond donors (Lipinski definition) is 0. The topological polar surface area (TPSA) is 12.9 Å². The summed E-state index contributed by atoms with van der Waals surface area (Å²) in [5.74, 6) is 0. The maximum atomic E-state index is 4.25. The summed E-state index contributed by atoms with van der Waals surface area (Å²) in [6.45, 7) is 4.30. The molecule has 19 heavy (non-hydrogen) atoms. The number of rotatable bonds is 4. The third-order valence-corrected chi connectivity index (χ3v) is 2.70. The summed E-state index contributed by atoms with van der Waals surface area (Å²) < 4.78 is 0. The first-order valence-corrected chi connectivity index (χ1v) is 6.74. The molecule has 1 aromatic carbocycles. The molecule has 2 heteroatoms. The minimum absolute atomic E-state index is 0. The number of benzene rings is 1. The average Bonchev–Trinajstić information content (AvgIpc) is 2.42. The van der Waals surface area contributed by atoms with Gasteiger partial charge in [-0.05, 0) is 31.9 Å². The lowest BCUT2D eigenvalue weighted by Gasteiger charge is -1.97. The Morgan fingerprint density at radius 2 is 1.58 bits per heavy atom. The monoisotopic (exact) mass is 275 g/mol. The van der Waals surface area contributed by atoms with E-state index in [1.807, 2.05) is 36.5 Å². The van der Waals surface area contributed by atoms with Gasteiger partial charge >= 0.3 is 0 Å².